The summed E-state index contributed by atoms with van der Waals surface area (Å²) >= 11 is 0. The lowest BCUT2D eigenvalue weighted by atomic mass is 9.93. The van der Waals surface area contributed by atoms with Gasteiger partial charge in [-0.2, -0.15) is 0 Å². The van der Waals surface area contributed by atoms with Crippen molar-refractivity contribution in [1.29, 1.82) is 0 Å². The summed E-state index contributed by atoms with van der Waals surface area (Å²) in [6.07, 6.45) is 2.43. The van der Waals surface area contributed by atoms with Crippen LogP contribution in [0.15, 0.2) is 54.6 Å². The zero-order chi connectivity index (χ0) is 16.2. The highest BCUT2D eigenvalue weighted by Crippen LogP contribution is 2.44. The SMILES string of the molecule is CCCC(NC1CC(c2ccccc2)c2ccccc21)C(=O)O. The maximum absolute atomic E-state index is 11.5. The minimum absolute atomic E-state index is 0.101. The molecule has 23 heavy (non-hydrogen) atoms. The monoisotopic (exact) mass is 309 g/mol. The van der Waals surface area contributed by atoms with Crippen LogP contribution < -0.4 is 5.32 Å². The van der Waals surface area contributed by atoms with Crippen LogP contribution in [0.5, 0.6) is 0 Å². The zero-order valence-corrected chi connectivity index (χ0v) is 13.4. The molecule has 120 valence electrons. The van der Waals surface area contributed by atoms with Crippen molar-refractivity contribution >= 4 is 5.97 Å². The third-order valence-electron chi connectivity index (χ3n) is 4.70. The van der Waals surface area contributed by atoms with Gasteiger partial charge >= 0.3 is 5.97 Å². The van der Waals surface area contributed by atoms with E-state index in [2.05, 4.69) is 47.8 Å². The fourth-order valence-corrected chi connectivity index (χ4v) is 3.60. The molecule has 0 radical (unpaired) electrons. The molecular weight excluding hydrogens is 286 g/mol. The van der Waals surface area contributed by atoms with Gasteiger partial charge in [-0.25, -0.2) is 0 Å². The molecule has 0 fully saturated rings. The Morgan fingerprint density at radius 1 is 1.13 bits per heavy atom. The summed E-state index contributed by atoms with van der Waals surface area (Å²) in [6, 6.07) is 18.5. The van der Waals surface area contributed by atoms with Crippen molar-refractivity contribution in [2.24, 2.45) is 0 Å². The van der Waals surface area contributed by atoms with Crippen LogP contribution in [0.1, 0.15) is 54.8 Å². The smallest absolute Gasteiger partial charge is 0.320 e. The zero-order valence-electron chi connectivity index (χ0n) is 13.4. The Kier molecular flexibility index (Phi) is 4.77. The van der Waals surface area contributed by atoms with Crippen molar-refractivity contribution in [1.82, 2.24) is 5.32 Å². The molecule has 2 aromatic rings. The third kappa shape index (κ3) is 3.30. The molecule has 2 N–H and O–H groups in total. The van der Waals surface area contributed by atoms with Crippen molar-refractivity contribution in [3.8, 4) is 0 Å². The molecule has 3 nitrogen and oxygen atoms in total. The summed E-state index contributed by atoms with van der Waals surface area (Å²) in [4.78, 5) is 11.5. The van der Waals surface area contributed by atoms with E-state index < -0.39 is 12.0 Å². The molecule has 1 aliphatic carbocycles. The van der Waals surface area contributed by atoms with E-state index in [1.54, 1.807) is 0 Å². The minimum atomic E-state index is -0.757. The van der Waals surface area contributed by atoms with Crippen molar-refractivity contribution < 1.29 is 9.90 Å². The molecule has 0 aliphatic heterocycles. The van der Waals surface area contributed by atoms with Gasteiger partial charge < -0.3 is 5.11 Å². The van der Waals surface area contributed by atoms with Crippen molar-refractivity contribution in [3.63, 3.8) is 0 Å². The van der Waals surface area contributed by atoms with Crippen LogP contribution in [-0.4, -0.2) is 17.1 Å². The van der Waals surface area contributed by atoms with Crippen molar-refractivity contribution in [2.45, 2.75) is 44.2 Å². The van der Waals surface area contributed by atoms with Gasteiger partial charge in [-0.05, 0) is 29.5 Å². The highest BCUT2D eigenvalue weighted by atomic mass is 16.4. The lowest BCUT2D eigenvalue weighted by molar-refractivity contribution is -0.139. The molecular formula is C20H23NO2. The normalized spacial score (nSPS) is 20.9. The molecule has 3 atom stereocenters. The standard InChI is InChI=1S/C20H23NO2/c1-2-8-18(20(22)23)21-19-13-17(14-9-4-3-5-10-14)15-11-6-7-12-16(15)19/h3-7,9-12,17-19,21H,2,8,13H2,1H3,(H,22,23). The van der Waals surface area contributed by atoms with Gasteiger partial charge in [-0.15, -0.1) is 0 Å². The van der Waals surface area contributed by atoms with E-state index in [1.165, 1.54) is 16.7 Å². The summed E-state index contributed by atoms with van der Waals surface area (Å²) in [5, 5.41) is 12.8. The fraction of sp³-hybridized carbons (Fsp3) is 0.350. The average Bonchev–Trinajstić information content (AvgIpc) is 2.94. The maximum Gasteiger partial charge on any atom is 0.320 e. The van der Waals surface area contributed by atoms with Crippen molar-refractivity contribution in [3.05, 3.63) is 71.3 Å². The van der Waals surface area contributed by atoms with Gasteiger partial charge in [0.05, 0.1) is 0 Å². The third-order valence-corrected chi connectivity index (χ3v) is 4.70. The van der Waals surface area contributed by atoms with Crippen LogP contribution >= 0.6 is 0 Å². The number of rotatable bonds is 6. The Balaban J connectivity index is 1.88. The number of aliphatic carboxylic acids is 1. The first-order valence-electron chi connectivity index (χ1n) is 8.33. The number of hydrogen-bond acceptors (Lipinski definition) is 2. The van der Waals surface area contributed by atoms with Gasteiger partial charge in [0, 0.05) is 12.0 Å². The predicted octanol–water partition coefficient (Wildman–Crippen LogP) is 4.11. The van der Waals surface area contributed by atoms with Crippen LogP contribution in [0.3, 0.4) is 0 Å². The van der Waals surface area contributed by atoms with Gasteiger partial charge in [0.1, 0.15) is 6.04 Å². The number of benzene rings is 2. The Hall–Kier alpha value is -2.13. The van der Waals surface area contributed by atoms with Crippen LogP contribution in [0, 0.1) is 0 Å². The first-order chi connectivity index (χ1) is 11.2. The summed E-state index contributed by atoms with van der Waals surface area (Å²) in [7, 11) is 0. The Morgan fingerprint density at radius 2 is 1.78 bits per heavy atom. The van der Waals surface area contributed by atoms with Gasteiger partial charge in [0.25, 0.3) is 0 Å². The Morgan fingerprint density at radius 3 is 2.43 bits per heavy atom. The molecule has 3 rings (SSSR count). The Bertz CT molecular complexity index is 668. The van der Waals surface area contributed by atoms with E-state index in [-0.39, 0.29) is 6.04 Å². The van der Waals surface area contributed by atoms with Gasteiger partial charge in [-0.1, -0.05) is 67.9 Å². The largest absolute Gasteiger partial charge is 0.480 e. The predicted molar refractivity (Wildman–Crippen MR) is 91.6 cm³/mol. The summed E-state index contributed by atoms with van der Waals surface area (Å²) in [6.45, 7) is 2.02. The van der Waals surface area contributed by atoms with Gasteiger partial charge in [0.2, 0.25) is 0 Å². The molecule has 3 unspecified atom stereocenters. The summed E-state index contributed by atoms with van der Waals surface area (Å²) in [5.41, 5.74) is 3.85. The second kappa shape index (κ2) is 6.97. The highest BCUT2D eigenvalue weighted by molar-refractivity contribution is 5.73. The lowest BCUT2D eigenvalue weighted by Crippen LogP contribution is -2.38. The lowest BCUT2D eigenvalue weighted by Gasteiger charge is -2.20. The molecule has 0 saturated heterocycles. The molecule has 0 saturated carbocycles. The average molecular weight is 309 g/mol. The molecule has 3 heteroatoms. The minimum Gasteiger partial charge on any atom is -0.480 e. The molecule has 0 bridgehead atoms. The quantitative estimate of drug-likeness (QED) is 0.844. The van der Waals surface area contributed by atoms with Crippen LogP contribution in [0.25, 0.3) is 0 Å². The number of carboxylic acids is 1. The molecule has 0 aromatic heterocycles. The number of carbonyl (C=O) groups is 1. The van der Waals surface area contributed by atoms with E-state index in [4.69, 9.17) is 0 Å². The molecule has 0 spiro atoms. The van der Waals surface area contributed by atoms with E-state index >= 15 is 0 Å². The number of hydrogen-bond donors (Lipinski definition) is 2. The fourth-order valence-electron chi connectivity index (χ4n) is 3.60. The van der Waals surface area contributed by atoms with E-state index in [1.807, 2.05) is 19.1 Å². The van der Waals surface area contributed by atoms with E-state index in [0.717, 1.165) is 12.8 Å². The first kappa shape index (κ1) is 15.8. The van der Waals surface area contributed by atoms with E-state index in [9.17, 15) is 9.90 Å². The maximum atomic E-state index is 11.5. The highest BCUT2D eigenvalue weighted by Gasteiger charge is 2.33. The van der Waals surface area contributed by atoms with Crippen molar-refractivity contribution in [2.75, 3.05) is 0 Å². The van der Waals surface area contributed by atoms with Crippen LogP contribution in [0.2, 0.25) is 0 Å². The summed E-state index contributed by atoms with van der Waals surface area (Å²) < 4.78 is 0. The number of carboxylic acid groups (broad SMARTS) is 1. The van der Waals surface area contributed by atoms with E-state index in [0.29, 0.717) is 12.3 Å². The van der Waals surface area contributed by atoms with Gasteiger partial charge in [0.15, 0.2) is 0 Å². The molecule has 1 aliphatic rings. The van der Waals surface area contributed by atoms with Crippen LogP contribution in [0.4, 0.5) is 0 Å². The number of nitrogens with one attached hydrogen (secondary N) is 1. The Labute approximate surface area is 137 Å². The first-order valence-corrected chi connectivity index (χ1v) is 8.33. The molecule has 0 heterocycles. The molecule has 2 aromatic carbocycles. The second-order valence-corrected chi connectivity index (χ2v) is 6.23. The molecule has 0 amide bonds. The second-order valence-electron chi connectivity index (χ2n) is 6.23. The van der Waals surface area contributed by atoms with Gasteiger partial charge in [-0.3, -0.25) is 10.1 Å². The summed E-state index contributed by atoms with van der Waals surface area (Å²) in [5.74, 6) is -0.423. The number of fused-ring (bicyclic) bond motifs is 1. The topological polar surface area (TPSA) is 49.3 Å². The van der Waals surface area contributed by atoms with Crippen LogP contribution in [-0.2, 0) is 4.79 Å².